The zero-order chi connectivity index (χ0) is 16.9. The first-order valence-corrected chi connectivity index (χ1v) is 9.59. The van der Waals surface area contributed by atoms with Gasteiger partial charge in [0, 0.05) is 23.8 Å². The van der Waals surface area contributed by atoms with E-state index in [1.807, 2.05) is 29.1 Å². The summed E-state index contributed by atoms with van der Waals surface area (Å²) in [5.74, 6) is 0.0164. The van der Waals surface area contributed by atoms with E-state index in [1.165, 1.54) is 31.2 Å². The standard InChI is InChI=1S/C19H25N3OS.ClH/c1-3-4-5-14-6-8-15(9-7-14)20-18(23)12-17-13-24-19(22(17)2)21-16-10-11-16;/h6-9,13,16H,3-5,10-12H2,1-2H3,(H,20,23);1H. The third-order valence-electron chi connectivity index (χ3n) is 4.26. The van der Waals surface area contributed by atoms with Crippen LogP contribution in [0.5, 0.6) is 0 Å². The molecule has 25 heavy (non-hydrogen) atoms. The maximum Gasteiger partial charge on any atom is 0.230 e. The van der Waals surface area contributed by atoms with Crippen LogP contribution in [0.1, 0.15) is 43.9 Å². The highest BCUT2D eigenvalue weighted by molar-refractivity contribution is 7.07. The molecule has 1 aromatic heterocycles. The number of carbonyl (C=O) groups excluding carboxylic acids is 1. The summed E-state index contributed by atoms with van der Waals surface area (Å²) in [7, 11) is 1.99. The highest BCUT2D eigenvalue weighted by Crippen LogP contribution is 2.22. The van der Waals surface area contributed by atoms with Gasteiger partial charge < -0.3 is 9.88 Å². The van der Waals surface area contributed by atoms with E-state index in [2.05, 4.69) is 29.4 Å². The maximum atomic E-state index is 12.3. The molecule has 1 heterocycles. The lowest BCUT2D eigenvalue weighted by atomic mass is 10.1. The van der Waals surface area contributed by atoms with Gasteiger partial charge in [-0.1, -0.05) is 25.5 Å². The van der Waals surface area contributed by atoms with Crippen LogP contribution >= 0.6 is 23.7 Å². The van der Waals surface area contributed by atoms with Crippen molar-refractivity contribution < 1.29 is 4.79 Å². The monoisotopic (exact) mass is 379 g/mol. The topological polar surface area (TPSA) is 46.4 Å². The molecule has 2 aromatic rings. The second kappa shape index (κ2) is 9.20. The second-order valence-corrected chi connectivity index (χ2v) is 7.29. The van der Waals surface area contributed by atoms with Gasteiger partial charge in [0.2, 0.25) is 5.91 Å². The SMILES string of the molecule is CCCCc1ccc(NC(=O)Cc2csc(=NC3CC3)n2C)cc1.Cl. The highest BCUT2D eigenvalue weighted by Gasteiger charge is 2.20. The number of unbranched alkanes of at least 4 members (excludes halogenated alkanes) is 1. The fourth-order valence-electron chi connectivity index (χ4n) is 2.54. The number of rotatable bonds is 7. The zero-order valence-electron chi connectivity index (χ0n) is 14.8. The first kappa shape index (κ1) is 19.7. The predicted octanol–water partition coefficient (Wildman–Crippen LogP) is 4.10. The molecule has 4 nitrogen and oxygen atoms in total. The van der Waals surface area contributed by atoms with Gasteiger partial charge >= 0.3 is 0 Å². The van der Waals surface area contributed by atoms with Crippen molar-refractivity contribution in [2.24, 2.45) is 12.0 Å². The van der Waals surface area contributed by atoms with Gasteiger partial charge in [0.25, 0.3) is 0 Å². The lowest BCUT2D eigenvalue weighted by molar-refractivity contribution is -0.115. The zero-order valence-corrected chi connectivity index (χ0v) is 16.5. The molecule has 0 spiro atoms. The summed E-state index contributed by atoms with van der Waals surface area (Å²) < 4.78 is 2.04. The molecule has 0 atom stereocenters. The minimum absolute atomic E-state index is 0. The van der Waals surface area contributed by atoms with Gasteiger partial charge in [-0.15, -0.1) is 23.7 Å². The van der Waals surface area contributed by atoms with Crippen molar-refractivity contribution >= 4 is 35.3 Å². The molecule has 1 aliphatic rings. The summed E-state index contributed by atoms with van der Waals surface area (Å²) in [4.78, 5) is 18.0. The molecule has 1 saturated carbocycles. The van der Waals surface area contributed by atoms with Gasteiger partial charge in [0.1, 0.15) is 0 Å². The van der Waals surface area contributed by atoms with Gasteiger partial charge in [-0.25, -0.2) is 0 Å². The van der Waals surface area contributed by atoms with E-state index in [0.717, 1.165) is 22.6 Å². The number of hydrogen-bond donors (Lipinski definition) is 1. The average molecular weight is 380 g/mol. The number of benzene rings is 1. The smallest absolute Gasteiger partial charge is 0.230 e. The molecule has 1 aliphatic carbocycles. The molecule has 0 unspecified atom stereocenters. The summed E-state index contributed by atoms with van der Waals surface area (Å²) in [5.41, 5.74) is 3.20. The molecule has 6 heteroatoms. The normalized spacial score (nSPS) is 14.2. The lowest BCUT2D eigenvalue weighted by Crippen LogP contribution is -2.20. The molecule has 1 amide bonds. The molecular formula is C19H26ClN3OS. The van der Waals surface area contributed by atoms with Gasteiger partial charge in [0.05, 0.1) is 12.5 Å². The number of aromatic nitrogens is 1. The van der Waals surface area contributed by atoms with Crippen molar-refractivity contribution in [2.45, 2.75) is 51.5 Å². The summed E-state index contributed by atoms with van der Waals surface area (Å²) in [6.45, 7) is 2.20. The fraction of sp³-hybridized carbons (Fsp3) is 0.474. The van der Waals surface area contributed by atoms with Crippen molar-refractivity contribution in [1.82, 2.24) is 4.57 Å². The number of aryl methyl sites for hydroxylation is 1. The summed E-state index contributed by atoms with van der Waals surface area (Å²) >= 11 is 1.62. The van der Waals surface area contributed by atoms with Gasteiger partial charge in [-0.05, 0) is 43.4 Å². The van der Waals surface area contributed by atoms with Crippen molar-refractivity contribution in [3.05, 3.63) is 45.7 Å². The van der Waals surface area contributed by atoms with Gasteiger partial charge in [0.15, 0.2) is 4.80 Å². The number of nitrogens with one attached hydrogen (secondary N) is 1. The Balaban J connectivity index is 0.00000225. The van der Waals surface area contributed by atoms with Crippen LogP contribution in [0.15, 0.2) is 34.6 Å². The Bertz CT molecular complexity index is 760. The fourth-order valence-corrected chi connectivity index (χ4v) is 3.51. The van der Waals surface area contributed by atoms with E-state index in [-0.39, 0.29) is 18.3 Å². The minimum atomic E-state index is 0. The number of carbonyl (C=O) groups is 1. The first-order chi connectivity index (χ1) is 11.7. The van der Waals surface area contributed by atoms with E-state index < -0.39 is 0 Å². The number of nitrogens with zero attached hydrogens (tertiary/aromatic N) is 2. The van der Waals surface area contributed by atoms with Crippen LogP contribution in [0.25, 0.3) is 0 Å². The van der Waals surface area contributed by atoms with Crippen LogP contribution in [0.3, 0.4) is 0 Å². The molecule has 0 radical (unpaired) electrons. The quantitative estimate of drug-likeness (QED) is 0.773. The Kier molecular flexibility index (Phi) is 7.26. The second-order valence-electron chi connectivity index (χ2n) is 6.45. The van der Waals surface area contributed by atoms with Crippen LogP contribution in [-0.4, -0.2) is 16.5 Å². The highest BCUT2D eigenvalue weighted by atomic mass is 35.5. The van der Waals surface area contributed by atoms with E-state index in [1.54, 1.807) is 11.3 Å². The number of thiazole rings is 1. The number of hydrogen-bond acceptors (Lipinski definition) is 3. The van der Waals surface area contributed by atoms with Crippen molar-refractivity contribution in [2.75, 3.05) is 5.32 Å². The summed E-state index contributed by atoms with van der Waals surface area (Å²) in [5, 5.41) is 5.02. The Morgan fingerprint density at radius 1 is 1.32 bits per heavy atom. The molecule has 1 N–H and O–H groups in total. The summed E-state index contributed by atoms with van der Waals surface area (Å²) in [6, 6.07) is 8.68. The first-order valence-electron chi connectivity index (χ1n) is 8.71. The van der Waals surface area contributed by atoms with Crippen molar-refractivity contribution in [3.8, 4) is 0 Å². The molecule has 0 saturated heterocycles. The van der Waals surface area contributed by atoms with Gasteiger partial charge in [-0.2, -0.15) is 0 Å². The van der Waals surface area contributed by atoms with Crippen LogP contribution in [0, 0.1) is 0 Å². The van der Waals surface area contributed by atoms with Crippen molar-refractivity contribution in [3.63, 3.8) is 0 Å². The Morgan fingerprint density at radius 3 is 2.68 bits per heavy atom. The van der Waals surface area contributed by atoms with E-state index in [9.17, 15) is 4.79 Å². The number of anilines is 1. The van der Waals surface area contributed by atoms with Gasteiger partial charge in [-0.3, -0.25) is 9.79 Å². The van der Waals surface area contributed by atoms with Crippen LogP contribution in [0.2, 0.25) is 0 Å². The largest absolute Gasteiger partial charge is 0.326 e. The molecule has 0 aliphatic heterocycles. The lowest BCUT2D eigenvalue weighted by Gasteiger charge is -2.07. The Labute approximate surface area is 159 Å². The maximum absolute atomic E-state index is 12.3. The average Bonchev–Trinajstić information content (AvgIpc) is 3.34. The summed E-state index contributed by atoms with van der Waals surface area (Å²) in [6.07, 6.45) is 6.28. The number of halogens is 1. The third kappa shape index (κ3) is 5.72. The van der Waals surface area contributed by atoms with E-state index in [0.29, 0.717) is 12.5 Å². The molecular weight excluding hydrogens is 354 g/mol. The predicted molar refractivity (Wildman–Crippen MR) is 107 cm³/mol. The Hall–Kier alpha value is -1.59. The van der Waals surface area contributed by atoms with E-state index >= 15 is 0 Å². The molecule has 3 rings (SSSR count). The Morgan fingerprint density at radius 2 is 2.04 bits per heavy atom. The minimum Gasteiger partial charge on any atom is -0.326 e. The molecule has 136 valence electrons. The van der Waals surface area contributed by atoms with Crippen LogP contribution < -0.4 is 10.1 Å². The third-order valence-corrected chi connectivity index (χ3v) is 5.24. The molecule has 1 fully saturated rings. The molecule has 1 aromatic carbocycles. The number of amides is 1. The van der Waals surface area contributed by atoms with Crippen LogP contribution in [-0.2, 0) is 24.7 Å². The molecule has 0 bridgehead atoms. The van der Waals surface area contributed by atoms with Crippen molar-refractivity contribution in [1.29, 1.82) is 0 Å². The van der Waals surface area contributed by atoms with E-state index in [4.69, 9.17) is 0 Å². The van der Waals surface area contributed by atoms with Crippen LogP contribution in [0.4, 0.5) is 5.69 Å².